The Kier molecular flexibility index (Phi) is 5.32. The second-order valence-electron chi connectivity index (χ2n) is 8.28. The van der Waals surface area contributed by atoms with Crippen LogP contribution in [-0.2, 0) is 6.42 Å². The van der Waals surface area contributed by atoms with Crippen molar-refractivity contribution < 1.29 is 18.9 Å². The van der Waals surface area contributed by atoms with Gasteiger partial charge in [-0.3, -0.25) is 4.90 Å². The Hall–Kier alpha value is -3.37. The summed E-state index contributed by atoms with van der Waals surface area (Å²) < 4.78 is 22.4. The SMILES string of the molecule is COc1cc2c(cc1OC)C1=C(C#N)CN(C(C)c3ccc4c(c3)OCCO4)CN1CC2. The van der Waals surface area contributed by atoms with Crippen molar-refractivity contribution in [3.63, 3.8) is 0 Å². The van der Waals surface area contributed by atoms with Gasteiger partial charge in [-0.1, -0.05) is 6.07 Å². The summed E-state index contributed by atoms with van der Waals surface area (Å²) in [4.78, 5) is 4.64. The van der Waals surface area contributed by atoms with E-state index in [-0.39, 0.29) is 6.04 Å². The zero-order chi connectivity index (χ0) is 22.2. The molecule has 3 heterocycles. The lowest BCUT2D eigenvalue weighted by atomic mass is 9.91. The van der Waals surface area contributed by atoms with E-state index in [1.54, 1.807) is 14.2 Å². The van der Waals surface area contributed by atoms with Gasteiger partial charge >= 0.3 is 0 Å². The molecule has 0 fully saturated rings. The number of ether oxygens (including phenoxy) is 4. The van der Waals surface area contributed by atoms with Gasteiger partial charge in [-0.05, 0) is 48.7 Å². The number of nitriles is 1. The predicted octanol–water partition coefficient (Wildman–Crippen LogP) is 3.60. The lowest BCUT2D eigenvalue weighted by molar-refractivity contribution is 0.132. The van der Waals surface area contributed by atoms with Crippen LogP contribution in [0.25, 0.3) is 5.70 Å². The van der Waals surface area contributed by atoms with Crippen LogP contribution in [0.2, 0.25) is 0 Å². The molecule has 2 aromatic carbocycles. The topological polar surface area (TPSA) is 67.2 Å². The molecule has 0 radical (unpaired) electrons. The van der Waals surface area contributed by atoms with Crippen LogP contribution in [0.15, 0.2) is 35.9 Å². The molecule has 1 unspecified atom stereocenters. The van der Waals surface area contributed by atoms with Gasteiger partial charge in [0.2, 0.25) is 0 Å². The summed E-state index contributed by atoms with van der Waals surface area (Å²) in [7, 11) is 3.29. The maximum absolute atomic E-state index is 10.1. The Labute approximate surface area is 188 Å². The normalized spacial score (nSPS) is 18.4. The van der Waals surface area contributed by atoms with E-state index >= 15 is 0 Å². The summed E-state index contributed by atoms with van der Waals surface area (Å²) in [5, 5.41) is 10.1. The third-order valence-electron chi connectivity index (χ3n) is 6.56. The summed E-state index contributed by atoms with van der Waals surface area (Å²) in [6.07, 6.45) is 0.893. The molecule has 0 saturated heterocycles. The van der Waals surface area contributed by atoms with E-state index in [0.717, 1.165) is 59.3 Å². The second-order valence-corrected chi connectivity index (χ2v) is 8.28. The van der Waals surface area contributed by atoms with E-state index in [9.17, 15) is 5.26 Å². The highest BCUT2D eigenvalue weighted by molar-refractivity contribution is 5.77. The van der Waals surface area contributed by atoms with Crippen LogP contribution in [0, 0.1) is 11.3 Å². The number of nitrogens with zero attached hydrogens (tertiary/aromatic N) is 3. The smallest absolute Gasteiger partial charge is 0.161 e. The molecule has 0 aliphatic carbocycles. The van der Waals surface area contributed by atoms with Crippen molar-refractivity contribution in [2.45, 2.75) is 19.4 Å². The molecule has 3 aliphatic heterocycles. The molecule has 7 heteroatoms. The number of rotatable bonds is 4. The fraction of sp³-hybridized carbons (Fsp3) is 0.400. The van der Waals surface area contributed by atoms with E-state index < -0.39 is 0 Å². The summed E-state index contributed by atoms with van der Waals surface area (Å²) in [6.45, 7) is 5.53. The van der Waals surface area contributed by atoms with Crippen molar-refractivity contribution in [1.82, 2.24) is 9.80 Å². The molecule has 3 aliphatic rings. The third kappa shape index (κ3) is 3.41. The van der Waals surface area contributed by atoms with Gasteiger partial charge < -0.3 is 23.8 Å². The maximum atomic E-state index is 10.1. The quantitative estimate of drug-likeness (QED) is 0.730. The summed E-state index contributed by atoms with van der Waals surface area (Å²) in [5.74, 6) is 3.00. The van der Waals surface area contributed by atoms with Crippen LogP contribution in [-0.4, -0.2) is 57.0 Å². The minimum Gasteiger partial charge on any atom is -0.493 e. The van der Waals surface area contributed by atoms with E-state index in [0.29, 0.717) is 25.5 Å². The highest BCUT2D eigenvalue weighted by Gasteiger charge is 2.33. The third-order valence-corrected chi connectivity index (χ3v) is 6.56. The van der Waals surface area contributed by atoms with Crippen molar-refractivity contribution in [2.24, 2.45) is 0 Å². The molecule has 0 bridgehead atoms. The van der Waals surface area contributed by atoms with Gasteiger partial charge in [0.15, 0.2) is 23.0 Å². The first kappa shape index (κ1) is 20.5. The summed E-state index contributed by atoms with van der Waals surface area (Å²) in [5.41, 5.74) is 5.19. The largest absolute Gasteiger partial charge is 0.493 e. The van der Waals surface area contributed by atoms with Gasteiger partial charge in [0.25, 0.3) is 0 Å². The molecule has 1 atom stereocenters. The molecular weight excluding hydrogens is 406 g/mol. The van der Waals surface area contributed by atoms with Crippen LogP contribution in [0.5, 0.6) is 23.0 Å². The van der Waals surface area contributed by atoms with Gasteiger partial charge in [0.1, 0.15) is 13.2 Å². The average Bonchev–Trinajstić information content (AvgIpc) is 2.86. The summed E-state index contributed by atoms with van der Waals surface area (Å²) in [6, 6.07) is 12.8. The first-order valence-corrected chi connectivity index (χ1v) is 10.9. The molecule has 166 valence electrons. The second kappa shape index (κ2) is 8.29. The molecule has 0 N–H and O–H groups in total. The highest BCUT2D eigenvalue weighted by Crippen LogP contribution is 2.42. The van der Waals surface area contributed by atoms with Crippen molar-refractivity contribution >= 4 is 5.70 Å². The van der Waals surface area contributed by atoms with Crippen LogP contribution in [0.3, 0.4) is 0 Å². The minimum atomic E-state index is 0.127. The van der Waals surface area contributed by atoms with Crippen molar-refractivity contribution in [2.75, 3.05) is 47.2 Å². The van der Waals surface area contributed by atoms with Gasteiger partial charge in [0.05, 0.1) is 38.2 Å². The zero-order valence-electron chi connectivity index (χ0n) is 18.7. The molecule has 0 amide bonds. The molecule has 0 aromatic heterocycles. The number of hydrogen-bond donors (Lipinski definition) is 0. The first-order chi connectivity index (χ1) is 15.6. The Balaban J connectivity index is 1.48. The lowest BCUT2D eigenvalue weighted by Crippen LogP contribution is -2.46. The number of fused-ring (bicyclic) bond motifs is 4. The van der Waals surface area contributed by atoms with Crippen molar-refractivity contribution in [1.29, 1.82) is 5.26 Å². The molecule has 2 aromatic rings. The summed E-state index contributed by atoms with van der Waals surface area (Å²) >= 11 is 0. The van der Waals surface area contributed by atoms with E-state index in [4.69, 9.17) is 18.9 Å². The molecule has 32 heavy (non-hydrogen) atoms. The Bertz CT molecular complexity index is 1120. The van der Waals surface area contributed by atoms with Crippen LogP contribution in [0.4, 0.5) is 0 Å². The molecule has 0 spiro atoms. The number of methoxy groups -OCH3 is 2. The predicted molar refractivity (Wildman–Crippen MR) is 120 cm³/mol. The van der Waals surface area contributed by atoms with Crippen LogP contribution in [0.1, 0.15) is 29.7 Å². The Morgan fingerprint density at radius 2 is 1.78 bits per heavy atom. The standard InChI is InChI=1S/C25H27N3O4/c1-16(17-4-5-21-24(10-17)32-9-8-31-21)28-14-19(13-26)25-20-12-23(30-3)22(29-2)11-18(20)6-7-27(25)15-28/h4-5,10-12,16H,6-9,14-15H2,1-3H3. The average molecular weight is 434 g/mol. The lowest BCUT2D eigenvalue weighted by Gasteiger charge is -2.44. The minimum absolute atomic E-state index is 0.127. The molecule has 5 rings (SSSR count). The number of benzene rings is 2. The number of hydrogen-bond acceptors (Lipinski definition) is 7. The van der Waals surface area contributed by atoms with Gasteiger partial charge in [-0.2, -0.15) is 5.26 Å². The van der Waals surface area contributed by atoms with Crippen molar-refractivity contribution in [3.8, 4) is 29.1 Å². The van der Waals surface area contributed by atoms with Crippen LogP contribution >= 0.6 is 0 Å². The zero-order valence-corrected chi connectivity index (χ0v) is 18.7. The Morgan fingerprint density at radius 1 is 1.03 bits per heavy atom. The van der Waals surface area contributed by atoms with E-state index in [1.807, 2.05) is 18.2 Å². The fourth-order valence-electron chi connectivity index (χ4n) is 4.81. The monoisotopic (exact) mass is 433 g/mol. The maximum Gasteiger partial charge on any atom is 0.161 e. The van der Waals surface area contributed by atoms with Crippen LogP contribution < -0.4 is 18.9 Å². The van der Waals surface area contributed by atoms with Gasteiger partial charge in [-0.25, -0.2) is 0 Å². The van der Waals surface area contributed by atoms with E-state index in [2.05, 4.69) is 34.9 Å². The molecular formula is C25H27N3O4. The van der Waals surface area contributed by atoms with Crippen molar-refractivity contribution in [3.05, 3.63) is 52.6 Å². The molecule has 0 saturated carbocycles. The van der Waals surface area contributed by atoms with Gasteiger partial charge in [0, 0.05) is 24.7 Å². The van der Waals surface area contributed by atoms with Gasteiger partial charge in [-0.15, -0.1) is 0 Å². The Morgan fingerprint density at radius 3 is 2.53 bits per heavy atom. The highest BCUT2D eigenvalue weighted by atomic mass is 16.6. The first-order valence-electron chi connectivity index (χ1n) is 10.9. The molecule has 7 nitrogen and oxygen atoms in total. The fourth-order valence-corrected chi connectivity index (χ4v) is 4.81. The van der Waals surface area contributed by atoms with E-state index in [1.165, 1.54) is 5.56 Å².